The smallest absolute Gasteiger partial charge is 0.174 e. The van der Waals surface area contributed by atoms with Gasteiger partial charge in [0.2, 0.25) is 0 Å². The van der Waals surface area contributed by atoms with Crippen LogP contribution in [0.2, 0.25) is 0 Å². The van der Waals surface area contributed by atoms with Crippen LogP contribution in [0, 0.1) is 0 Å². The van der Waals surface area contributed by atoms with Crippen LogP contribution in [0.3, 0.4) is 0 Å². The Morgan fingerprint density at radius 1 is 1.00 bits per heavy atom. The number of halogens is 3. The Hall–Kier alpha value is -0.470. The molecule has 0 spiro atoms. The van der Waals surface area contributed by atoms with E-state index in [0.717, 1.165) is 0 Å². The van der Waals surface area contributed by atoms with Crippen LogP contribution in [0.25, 0.3) is 0 Å². The molecule has 0 rings (SSSR count). The molecule has 0 aliphatic heterocycles. The molecule has 3 heteroatoms. The minimum atomic E-state index is -3.67. The molecular formula is C3H5F3. The molecule has 0 heterocycles. The summed E-state index contributed by atoms with van der Waals surface area (Å²) < 4.78 is 29.0. The SMILES string of the molecule is C=C.FC(F)F. The lowest BCUT2D eigenvalue weighted by Crippen LogP contribution is -1.65. The highest BCUT2D eigenvalue weighted by Gasteiger charge is 1.86. The molecule has 38 valence electrons. The van der Waals surface area contributed by atoms with E-state index in [9.17, 15) is 13.2 Å². The summed E-state index contributed by atoms with van der Waals surface area (Å²) in [6, 6.07) is 0. The van der Waals surface area contributed by atoms with Gasteiger partial charge in [-0.25, -0.2) is 0 Å². The lowest BCUT2D eigenvalue weighted by atomic mass is 11.3. The fourth-order valence-electron chi connectivity index (χ4n) is 0. The first-order valence-corrected chi connectivity index (χ1v) is 1.15. The predicted octanol–water partition coefficient (Wildman–Crippen LogP) is 1.98. The van der Waals surface area contributed by atoms with Crippen molar-refractivity contribution in [3.63, 3.8) is 0 Å². The van der Waals surface area contributed by atoms with Gasteiger partial charge in [-0.1, -0.05) is 0 Å². The molecule has 0 aliphatic rings. The zero-order valence-electron chi connectivity index (χ0n) is 3.13. The molecule has 0 aromatic heterocycles. The van der Waals surface area contributed by atoms with Crippen molar-refractivity contribution < 1.29 is 13.2 Å². The van der Waals surface area contributed by atoms with E-state index in [-0.39, 0.29) is 0 Å². The monoisotopic (exact) mass is 98.0 g/mol. The second-order valence-corrected chi connectivity index (χ2v) is 0.247. The van der Waals surface area contributed by atoms with E-state index in [0.29, 0.717) is 0 Å². The van der Waals surface area contributed by atoms with E-state index < -0.39 is 6.68 Å². The van der Waals surface area contributed by atoms with Gasteiger partial charge >= 0.3 is 6.68 Å². The summed E-state index contributed by atoms with van der Waals surface area (Å²) in [6.45, 7) is 2.33. The van der Waals surface area contributed by atoms with Gasteiger partial charge in [0.05, 0.1) is 0 Å². The van der Waals surface area contributed by atoms with Gasteiger partial charge in [-0.05, 0) is 0 Å². The first kappa shape index (κ1) is 9.11. The van der Waals surface area contributed by atoms with Crippen molar-refractivity contribution in [3.05, 3.63) is 13.2 Å². The Labute approximate surface area is 34.3 Å². The molecule has 0 bridgehead atoms. The summed E-state index contributed by atoms with van der Waals surface area (Å²) in [7, 11) is 0. The molecular weight excluding hydrogens is 93.0 g/mol. The Kier molecular flexibility index (Phi) is 13.4. The topological polar surface area (TPSA) is 0 Å². The Bertz CT molecular complexity index is 17.2. The van der Waals surface area contributed by atoms with E-state index in [4.69, 9.17) is 0 Å². The molecule has 0 nitrogen and oxygen atoms in total. The lowest BCUT2D eigenvalue weighted by Gasteiger charge is -1.65. The number of rotatable bonds is 0. The summed E-state index contributed by atoms with van der Waals surface area (Å²) in [5, 5.41) is 0. The third-order valence-corrected chi connectivity index (χ3v) is 0. The average Bonchev–Trinajstić information content (AvgIpc) is 1.41. The second kappa shape index (κ2) is 8.82. The highest BCUT2D eigenvalue weighted by Crippen LogP contribution is 1.87. The molecule has 0 saturated heterocycles. The van der Waals surface area contributed by atoms with E-state index in [1.165, 1.54) is 0 Å². The minimum absolute atomic E-state index is 3.00. The van der Waals surface area contributed by atoms with Gasteiger partial charge in [0.25, 0.3) is 0 Å². The van der Waals surface area contributed by atoms with Gasteiger partial charge in [-0.2, -0.15) is 13.2 Å². The number of hydrogen-bond acceptors (Lipinski definition) is 0. The Morgan fingerprint density at radius 2 is 1.00 bits per heavy atom. The predicted molar refractivity (Wildman–Crippen MR) is 18.4 cm³/mol. The van der Waals surface area contributed by atoms with E-state index in [1.807, 2.05) is 0 Å². The van der Waals surface area contributed by atoms with Crippen molar-refractivity contribution in [1.82, 2.24) is 0 Å². The average molecular weight is 98.1 g/mol. The maximum absolute atomic E-state index is 9.67. The zero-order valence-corrected chi connectivity index (χ0v) is 3.13. The fourth-order valence-corrected chi connectivity index (χ4v) is 0. The highest BCUT2D eigenvalue weighted by atomic mass is 19.4. The van der Waals surface area contributed by atoms with Crippen molar-refractivity contribution >= 4 is 0 Å². The Balaban J connectivity index is 0. The molecule has 0 atom stereocenters. The number of hydrogen-bond donors (Lipinski definition) is 0. The van der Waals surface area contributed by atoms with Crippen LogP contribution in [0.4, 0.5) is 13.2 Å². The van der Waals surface area contributed by atoms with Crippen LogP contribution in [0.5, 0.6) is 0 Å². The minimum Gasteiger partial charge on any atom is -0.174 e. The summed E-state index contributed by atoms with van der Waals surface area (Å²) in [5.74, 6) is 0. The van der Waals surface area contributed by atoms with Crippen molar-refractivity contribution in [3.8, 4) is 0 Å². The maximum Gasteiger partial charge on any atom is 0.379 e. The van der Waals surface area contributed by atoms with Gasteiger partial charge in [0, 0.05) is 0 Å². The summed E-state index contributed by atoms with van der Waals surface area (Å²) in [4.78, 5) is 0. The molecule has 0 unspecified atom stereocenters. The van der Waals surface area contributed by atoms with Crippen molar-refractivity contribution in [2.24, 2.45) is 0 Å². The van der Waals surface area contributed by atoms with Crippen LogP contribution in [-0.2, 0) is 0 Å². The van der Waals surface area contributed by atoms with Crippen LogP contribution < -0.4 is 0 Å². The molecule has 0 radical (unpaired) electrons. The summed E-state index contributed by atoms with van der Waals surface area (Å²) in [6.07, 6.45) is 0. The van der Waals surface area contributed by atoms with E-state index in [1.54, 1.807) is 0 Å². The quantitative estimate of drug-likeness (QED) is 0.406. The molecule has 0 N–H and O–H groups in total. The van der Waals surface area contributed by atoms with Gasteiger partial charge in [-0.3, -0.25) is 0 Å². The molecule has 6 heavy (non-hydrogen) atoms. The molecule has 0 saturated carbocycles. The van der Waals surface area contributed by atoms with Gasteiger partial charge in [-0.15, -0.1) is 13.2 Å². The largest absolute Gasteiger partial charge is 0.379 e. The molecule has 0 aromatic rings. The maximum atomic E-state index is 9.67. The normalized spacial score (nSPS) is 6.67. The van der Waals surface area contributed by atoms with Crippen LogP contribution in [0.15, 0.2) is 13.2 Å². The first-order valence-electron chi connectivity index (χ1n) is 1.15. The molecule has 0 amide bonds. The third-order valence-electron chi connectivity index (χ3n) is 0. The van der Waals surface area contributed by atoms with Gasteiger partial charge in [0.1, 0.15) is 0 Å². The van der Waals surface area contributed by atoms with Crippen molar-refractivity contribution in [2.75, 3.05) is 0 Å². The van der Waals surface area contributed by atoms with Gasteiger partial charge < -0.3 is 0 Å². The van der Waals surface area contributed by atoms with E-state index in [2.05, 4.69) is 13.2 Å². The second-order valence-electron chi connectivity index (χ2n) is 0.247. The molecule has 0 fully saturated rings. The van der Waals surface area contributed by atoms with Crippen molar-refractivity contribution in [1.29, 1.82) is 0 Å². The van der Waals surface area contributed by atoms with Gasteiger partial charge in [0.15, 0.2) is 0 Å². The van der Waals surface area contributed by atoms with Crippen LogP contribution in [0.1, 0.15) is 0 Å². The molecule has 0 aliphatic carbocycles. The highest BCUT2D eigenvalue weighted by molar-refractivity contribution is 4.22. The Morgan fingerprint density at radius 3 is 1.00 bits per heavy atom. The standard InChI is InChI=1S/C2H4.CHF3/c1-2;2-1(3)4/h1-2H2;1H. The van der Waals surface area contributed by atoms with Crippen LogP contribution in [-0.4, -0.2) is 6.68 Å². The first-order chi connectivity index (χ1) is 2.73. The fraction of sp³-hybridized carbons (Fsp3) is 0.333. The third kappa shape index (κ3) is 102. The van der Waals surface area contributed by atoms with E-state index >= 15 is 0 Å². The van der Waals surface area contributed by atoms with Crippen molar-refractivity contribution in [2.45, 2.75) is 6.68 Å². The zero-order chi connectivity index (χ0) is 5.58. The summed E-state index contributed by atoms with van der Waals surface area (Å²) >= 11 is 0. The molecule has 0 aromatic carbocycles. The number of alkyl halides is 3. The van der Waals surface area contributed by atoms with Crippen LogP contribution >= 0.6 is 0 Å². The lowest BCUT2D eigenvalue weighted by molar-refractivity contribution is 0.00819. The summed E-state index contributed by atoms with van der Waals surface area (Å²) in [5.41, 5.74) is 0.